The van der Waals surface area contributed by atoms with Crippen LogP contribution in [0.25, 0.3) is 0 Å². The van der Waals surface area contributed by atoms with E-state index in [4.69, 9.17) is 9.90 Å². The Hall–Kier alpha value is -0.820. The number of β-amino-alcohol motifs (C(OH)–C–C–N with tert-alkyl or cyclic N) is 1. The molecule has 0 radical (unpaired) electrons. The van der Waals surface area contributed by atoms with Crippen molar-refractivity contribution in [3.05, 3.63) is 0 Å². The van der Waals surface area contributed by atoms with Crippen molar-refractivity contribution in [2.24, 2.45) is 5.41 Å². The van der Waals surface area contributed by atoms with E-state index in [9.17, 15) is 18.3 Å². The van der Waals surface area contributed by atoms with Gasteiger partial charge in [0.15, 0.2) is 0 Å². The van der Waals surface area contributed by atoms with Crippen molar-refractivity contribution in [2.75, 3.05) is 13.1 Å². The molecule has 4 nitrogen and oxygen atoms in total. The normalized spacial score (nSPS) is 25.1. The molecule has 7 heteroatoms. The average molecular weight is 257 g/mol. The van der Waals surface area contributed by atoms with Crippen LogP contribution in [0.15, 0.2) is 0 Å². The number of carboxylic acids is 1. The standard InChI is InChI=1S/C8H17NO.C2HF3O2/c1-7(2,3)8(10)4-5-9-6-8;3-2(4,5)1(6)7/h9-10H,4-6H2,1-3H3;(H,6,7). The fraction of sp³-hybridized carbons (Fsp3) is 0.900. The summed E-state index contributed by atoms with van der Waals surface area (Å²) >= 11 is 0. The zero-order valence-corrected chi connectivity index (χ0v) is 10.1. The Balaban J connectivity index is 0.000000325. The highest BCUT2D eigenvalue weighted by Crippen LogP contribution is 2.34. The van der Waals surface area contributed by atoms with Gasteiger partial charge >= 0.3 is 12.1 Å². The molecule has 1 saturated heterocycles. The second-order valence-corrected chi connectivity index (χ2v) is 5.01. The third-order valence-electron chi connectivity index (χ3n) is 2.77. The van der Waals surface area contributed by atoms with Crippen molar-refractivity contribution >= 4 is 5.97 Å². The molecule has 102 valence electrons. The van der Waals surface area contributed by atoms with Crippen LogP contribution in [0.1, 0.15) is 27.2 Å². The van der Waals surface area contributed by atoms with E-state index in [0.29, 0.717) is 0 Å². The van der Waals surface area contributed by atoms with Gasteiger partial charge in [0.2, 0.25) is 0 Å². The maximum atomic E-state index is 10.6. The quantitative estimate of drug-likeness (QED) is 0.613. The molecule has 0 amide bonds. The van der Waals surface area contributed by atoms with Crippen molar-refractivity contribution in [3.8, 4) is 0 Å². The molecule has 0 aromatic heterocycles. The van der Waals surface area contributed by atoms with Crippen LogP contribution in [0, 0.1) is 5.41 Å². The van der Waals surface area contributed by atoms with Crippen molar-refractivity contribution in [1.82, 2.24) is 5.32 Å². The molecular weight excluding hydrogens is 239 g/mol. The minimum absolute atomic E-state index is 0.0104. The molecule has 0 aliphatic carbocycles. The number of carboxylic acid groups (broad SMARTS) is 1. The molecule has 0 aromatic rings. The van der Waals surface area contributed by atoms with Gasteiger partial charge in [0.25, 0.3) is 0 Å². The van der Waals surface area contributed by atoms with Gasteiger partial charge in [-0.05, 0) is 18.4 Å². The Morgan fingerprint density at radius 2 is 1.71 bits per heavy atom. The fourth-order valence-electron chi connectivity index (χ4n) is 1.32. The number of alkyl halides is 3. The van der Waals surface area contributed by atoms with Gasteiger partial charge in [0, 0.05) is 6.54 Å². The Bertz CT molecular complexity index is 265. The minimum atomic E-state index is -5.08. The van der Waals surface area contributed by atoms with E-state index in [1.54, 1.807) is 0 Å². The predicted octanol–water partition coefficient (Wildman–Crippen LogP) is 1.39. The number of carbonyl (C=O) groups is 1. The maximum Gasteiger partial charge on any atom is 0.490 e. The lowest BCUT2D eigenvalue weighted by Crippen LogP contribution is -2.44. The first-order valence-corrected chi connectivity index (χ1v) is 5.13. The molecule has 1 aliphatic heterocycles. The van der Waals surface area contributed by atoms with Gasteiger partial charge in [-0.3, -0.25) is 0 Å². The highest BCUT2D eigenvalue weighted by atomic mass is 19.4. The summed E-state index contributed by atoms with van der Waals surface area (Å²) < 4.78 is 31.7. The summed E-state index contributed by atoms with van der Waals surface area (Å²) in [5.41, 5.74) is -0.469. The second kappa shape index (κ2) is 5.22. The minimum Gasteiger partial charge on any atom is -0.475 e. The lowest BCUT2D eigenvalue weighted by atomic mass is 9.76. The van der Waals surface area contributed by atoms with Gasteiger partial charge in [-0.15, -0.1) is 0 Å². The summed E-state index contributed by atoms with van der Waals surface area (Å²) in [5, 5.41) is 20.3. The summed E-state index contributed by atoms with van der Waals surface area (Å²) in [4.78, 5) is 8.90. The second-order valence-electron chi connectivity index (χ2n) is 5.01. The predicted molar refractivity (Wildman–Crippen MR) is 55.6 cm³/mol. The third-order valence-corrected chi connectivity index (χ3v) is 2.77. The number of hydrogen-bond acceptors (Lipinski definition) is 3. The van der Waals surface area contributed by atoms with Crippen LogP contribution >= 0.6 is 0 Å². The average Bonchev–Trinajstić information content (AvgIpc) is 2.51. The van der Waals surface area contributed by atoms with E-state index < -0.39 is 17.7 Å². The molecule has 1 heterocycles. The van der Waals surface area contributed by atoms with E-state index in [1.807, 2.05) is 0 Å². The molecule has 1 atom stereocenters. The largest absolute Gasteiger partial charge is 0.490 e. The molecule has 1 fully saturated rings. The van der Waals surface area contributed by atoms with E-state index in [2.05, 4.69) is 26.1 Å². The van der Waals surface area contributed by atoms with E-state index in [1.165, 1.54) is 0 Å². The van der Waals surface area contributed by atoms with E-state index in [0.717, 1.165) is 19.5 Å². The smallest absolute Gasteiger partial charge is 0.475 e. The summed E-state index contributed by atoms with van der Waals surface area (Å²) in [7, 11) is 0. The Kier molecular flexibility index (Phi) is 4.97. The van der Waals surface area contributed by atoms with Gasteiger partial charge in [0.1, 0.15) is 0 Å². The SMILES string of the molecule is CC(C)(C)C1(O)CCNC1.O=C(O)C(F)(F)F. The van der Waals surface area contributed by atoms with Crippen molar-refractivity contribution < 1.29 is 28.2 Å². The van der Waals surface area contributed by atoms with Crippen LogP contribution in [0.2, 0.25) is 0 Å². The zero-order chi connectivity index (χ0) is 13.9. The van der Waals surface area contributed by atoms with Crippen LogP contribution in [-0.4, -0.2) is 41.0 Å². The first kappa shape index (κ1) is 16.2. The monoisotopic (exact) mass is 257 g/mol. The Morgan fingerprint density at radius 1 is 1.29 bits per heavy atom. The molecule has 1 aliphatic rings. The van der Waals surface area contributed by atoms with Crippen molar-refractivity contribution in [3.63, 3.8) is 0 Å². The van der Waals surface area contributed by atoms with Crippen LogP contribution in [-0.2, 0) is 4.79 Å². The topological polar surface area (TPSA) is 69.6 Å². The zero-order valence-electron chi connectivity index (χ0n) is 10.1. The number of aliphatic hydroxyl groups is 1. The number of rotatable bonds is 0. The lowest BCUT2D eigenvalue weighted by Gasteiger charge is -2.36. The van der Waals surface area contributed by atoms with Gasteiger partial charge < -0.3 is 15.5 Å². The fourth-order valence-corrected chi connectivity index (χ4v) is 1.32. The van der Waals surface area contributed by atoms with Crippen LogP contribution in [0.3, 0.4) is 0 Å². The maximum absolute atomic E-state index is 10.6. The molecule has 0 spiro atoms. The molecule has 1 rings (SSSR count). The number of aliphatic carboxylic acids is 1. The molecule has 17 heavy (non-hydrogen) atoms. The molecule has 0 bridgehead atoms. The molecule has 0 saturated carbocycles. The summed E-state index contributed by atoms with van der Waals surface area (Å²) in [6, 6.07) is 0. The first-order valence-electron chi connectivity index (χ1n) is 5.13. The first-order chi connectivity index (χ1) is 7.40. The van der Waals surface area contributed by atoms with E-state index in [-0.39, 0.29) is 5.41 Å². The highest BCUT2D eigenvalue weighted by molar-refractivity contribution is 5.73. The van der Waals surface area contributed by atoms with Crippen LogP contribution < -0.4 is 5.32 Å². The van der Waals surface area contributed by atoms with Crippen molar-refractivity contribution in [1.29, 1.82) is 0 Å². The van der Waals surface area contributed by atoms with Crippen LogP contribution in [0.5, 0.6) is 0 Å². The number of hydrogen-bond donors (Lipinski definition) is 3. The third kappa shape index (κ3) is 4.91. The highest BCUT2D eigenvalue weighted by Gasteiger charge is 2.42. The number of nitrogens with one attached hydrogen (secondary N) is 1. The lowest BCUT2D eigenvalue weighted by molar-refractivity contribution is -0.192. The molecule has 3 N–H and O–H groups in total. The summed E-state index contributed by atoms with van der Waals surface area (Å²) in [6.45, 7) is 7.95. The molecular formula is C10H18F3NO3. The molecule has 0 aromatic carbocycles. The van der Waals surface area contributed by atoms with E-state index >= 15 is 0 Å². The Morgan fingerprint density at radius 3 is 1.82 bits per heavy atom. The van der Waals surface area contributed by atoms with Gasteiger partial charge in [-0.25, -0.2) is 4.79 Å². The van der Waals surface area contributed by atoms with Crippen LogP contribution in [0.4, 0.5) is 13.2 Å². The number of halogens is 3. The summed E-state index contributed by atoms with van der Waals surface area (Å²) in [5.74, 6) is -2.76. The van der Waals surface area contributed by atoms with Gasteiger partial charge in [-0.2, -0.15) is 13.2 Å². The van der Waals surface area contributed by atoms with Gasteiger partial charge in [-0.1, -0.05) is 20.8 Å². The summed E-state index contributed by atoms with van der Waals surface area (Å²) in [6.07, 6.45) is -4.20. The Labute approximate surface area is 97.8 Å². The molecule has 1 unspecified atom stereocenters. The van der Waals surface area contributed by atoms with Gasteiger partial charge in [0.05, 0.1) is 5.60 Å². The van der Waals surface area contributed by atoms with Crippen molar-refractivity contribution in [2.45, 2.75) is 39.0 Å².